The minimum atomic E-state index is -4.44. The Balaban J connectivity index is 5.24. The molecule has 0 aromatic rings. The molecule has 0 bridgehead atoms. The van der Waals surface area contributed by atoms with Crippen molar-refractivity contribution >= 4 is 19.7 Å². The van der Waals surface area contributed by atoms with Crippen LogP contribution in [0.2, 0.25) is 0 Å². The van der Waals surface area contributed by atoms with E-state index in [0.29, 0.717) is 23.9 Å². The SMILES string of the molecule is CCCCCCCC/C=C/CCCCCCCCCCCC(=O)NC(COP(=O)(O)OCC[N+](C)(C)C)C(/C=C/CCCCCCCCCCCCC)OC(=O)CCCCCCCCCCCCCCCCC. The maximum absolute atomic E-state index is 13.5. The number of carbonyl (C=O) groups excluding carboxylic acids is 2. The van der Waals surface area contributed by atoms with Crippen molar-refractivity contribution in [1.29, 1.82) is 0 Å². The van der Waals surface area contributed by atoms with Crippen molar-refractivity contribution in [2.45, 2.75) is 328 Å². The van der Waals surface area contributed by atoms with E-state index >= 15 is 0 Å². The molecule has 0 fully saturated rings. The molecule has 10 heteroatoms. The number of rotatable bonds is 58. The molecule has 3 atom stereocenters. The standard InChI is InChI=1S/C63H123N2O7P/c1-7-10-13-16-19-22-25-28-30-31-32-33-35-37-40-43-46-49-52-55-62(66)64-60(59-71-73(68,69)70-58-57-65(4,5)6)61(54-51-48-45-42-39-36-27-24-21-18-15-12-9-3)72-63(67)56-53-50-47-44-41-38-34-29-26-23-20-17-14-11-8-2/h28,30,51,54,60-61H,7-27,29,31-50,52-53,55-59H2,1-6H3,(H-,64,66,68,69)/p+1/b30-28+,54-51+. The number of phosphoric acid groups is 1. The number of allylic oxidation sites excluding steroid dienone is 3. The van der Waals surface area contributed by atoms with E-state index in [2.05, 4.69) is 38.2 Å². The van der Waals surface area contributed by atoms with Crippen LogP contribution in [0.4, 0.5) is 0 Å². The molecule has 73 heavy (non-hydrogen) atoms. The third-order valence-corrected chi connectivity index (χ3v) is 15.4. The fraction of sp³-hybridized carbons (Fsp3) is 0.905. The summed E-state index contributed by atoms with van der Waals surface area (Å²) in [6.45, 7) is 7.05. The van der Waals surface area contributed by atoms with Gasteiger partial charge in [-0.15, -0.1) is 0 Å². The van der Waals surface area contributed by atoms with Crippen LogP contribution in [0.15, 0.2) is 24.3 Å². The summed E-state index contributed by atoms with van der Waals surface area (Å²) in [5.41, 5.74) is 0. The van der Waals surface area contributed by atoms with Gasteiger partial charge in [0.2, 0.25) is 5.91 Å². The molecule has 0 aliphatic heterocycles. The van der Waals surface area contributed by atoms with Crippen molar-refractivity contribution in [3.63, 3.8) is 0 Å². The van der Waals surface area contributed by atoms with Crippen LogP contribution >= 0.6 is 7.82 Å². The molecule has 0 saturated carbocycles. The molecular weight excluding hydrogens is 928 g/mol. The molecular formula is C63H124N2O7P+. The van der Waals surface area contributed by atoms with E-state index in [9.17, 15) is 19.0 Å². The second-order valence-electron chi connectivity index (χ2n) is 22.9. The number of esters is 1. The van der Waals surface area contributed by atoms with E-state index in [-0.39, 0.29) is 25.1 Å². The van der Waals surface area contributed by atoms with Crippen LogP contribution < -0.4 is 5.32 Å². The van der Waals surface area contributed by atoms with Gasteiger partial charge in [0.15, 0.2) is 0 Å². The first-order valence-electron chi connectivity index (χ1n) is 31.7. The molecule has 0 aromatic heterocycles. The Morgan fingerprint density at radius 3 is 1.16 bits per heavy atom. The van der Waals surface area contributed by atoms with Gasteiger partial charge in [0, 0.05) is 12.8 Å². The second-order valence-corrected chi connectivity index (χ2v) is 24.4. The first-order valence-corrected chi connectivity index (χ1v) is 33.2. The third-order valence-electron chi connectivity index (χ3n) is 14.4. The Hall–Kier alpha value is -1.51. The summed E-state index contributed by atoms with van der Waals surface area (Å²) in [4.78, 5) is 37.7. The van der Waals surface area contributed by atoms with E-state index in [1.54, 1.807) is 0 Å². The number of nitrogens with one attached hydrogen (secondary N) is 1. The molecule has 0 saturated heterocycles. The highest BCUT2D eigenvalue weighted by Crippen LogP contribution is 2.43. The molecule has 9 nitrogen and oxygen atoms in total. The van der Waals surface area contributed by atoms with Crippen LogP contribution in [0.5, 0.6) is 0 Å². The monoisotopic (exact) mass is 1050 g/mol. The lowest BCUT2D eigenvalue weighted by atomic mass is 10.0. The Morgan fingerprint density at radius 2 is 0.795 bits per heavy atom. The number of carbonyl (C=O) groups is 2. The van der Waals surface area contributed by atoms with E-state index < -0.39 is 20.0 Å². The number of ether oxygens (including phenoxy) is 1. The number of hydrogen-bond donors (Lipinski definition) is 2. The second kappa shape index (κ2) is 53.9. The number of likely N-dealkylation sites (N-methyl/N-ethyl adjacent to an activating group) is 1. The normalized spacial score (nSPS) is 13.8. The van der Waals surface area contributed by atoms with E-state index in [0.717, 1.165) is 57.8 Å². The van der Waals surface area contributed by atoms with Gasteiger partial charge < -0.3 is 19.4 Å². The Bertz CT molecular complexity index is 1300. The van der Waals surface area contributed by atoms with Crippen LogP contribution in [0.25, 0.3) is 0 Å². The lowest BCUT2D eigenvalue weighted by Crippen LogP contribution is -2.47. The number of quaternary nitrogens is 1. The van der Waals surface area contributed by atoms with Crippen molar-refractivity contribution in [2.24, 2.45) is 0 Å². The van der Waals surface area contributed by atoms with Gasteiger partial charge >= 0.3 is 13.8 Å². The van der Waals surface area contributed by atoms with Gasteiger partial charge in [-0.1, -0.05) is 270 Å². The molecule has 0 aliphatic carbocycles. The number of amides is 1. The maximum atomic E-state index is 13.5. The highest BCUT2D eigenvalue weighted by molar-refractivity contribution is 7.47. The van der Waals surface area contributed by atoms with E-state index in [4.69, 9.17) is 13.8 Å². The van der Waals surface area contributed by atoms with Gasteiger partial charge in [0.1, 0.15) is 19.3 Å². The van der Waals surface area contributed by atoms with Crippen LogP contribution in [0.1, 0.15) is 316 Å². The molecule has 0 rings (SSSR count). The molecule has 432 valence electrons. The predicted molar refractivity (Wildman–Crippen MR) is 314 cm³/mol. The number of unbranched alkanes of at least 4 members (excludes halogenated alkanes) is 40. The average molecular weight is 1050 g/mol. The quantitative estimate of drug-likeness (QED) is 0.0205. The van der Waals surface area contributed by atoms with Gasteiger partial charge in [-0.25, -0.2) is 4.57 Å². The fourth-order valence-corrected chi connectivity index (χ4v) is 10.2. The van der Waals surface area contributed by atoms with Crippen molar-refractivity contribution < 1.29 is 37.3 Å². The van der Waals surface area contributed by atoms with Crippen LogP contribution in [-0.2, 0) is 27.9 Å². The Kier molecular flexibility index (Phi) is 52.8. The van der Waals surface area contributed by atoms with Crippen molar-refractivity contribution in [3.8, 4) is 0 Å². The average Bonchev–Trinajstić information content (AvgIpc) is 3.35. The van der Waals surface area contributed by atoms with E-state index in [1.807, 2.05) is 33.3 Å². The smallest absolute Gasteiger partial charge is 0.456 e. The number of hydrogen-bond acceptors (Lipinski definition) is 6. The van der Waals surface area contributed by atoms with Gasteiger partial charge in [-0.05, 0) is 57.4 Å². The summed E-state index contributed by atoms with van der Waals surface area (Å²) < 4.78 is 30.7. The molecule has 0 aromatic carbocycles. The fourth-order valence-electron chi connectivity index (χ4n) is 9.47. The van der Waals surface area contributed by atoms with Crippen LogP contribution in [0, 0.1) is 0 Å². The molecule has 0 heterocycles. The summed E-state index contributed by atoms with van der Waals surface area (Å²) in [5.74, 6) is -0.490. The molecule has 2 N–H and O–H groups in total. The summed E-state index contributed by atoms with van der Waals surface area (Å²) in [6, 6.07) is -0.843. The molecule has 1 amide bonds. The summed E-state index contributed by atoms with van der Waals surface area (Å²) >= 11 is 0. The zero-order valence-corrected chi connectivity index (χ0v) is 50.3. The van der Waals surface area contributed by atoms with Gasteiger partial charge in [0.25, 0.3) is 0 Å². The highest BCUT2D eigenvalue weighted by Gasteiger charge is 2.30. The first kappa shape index (κ1) is 71.5. The topological polar surface area (TPSA) is 111 Å². The van der Waals surface area contributed by atoms with Gasteiger partial charge in [-0.2, -0.15) is 0 Å². The molecule has 0 radical (unpaired) electrons. The number of phosphoric ester groups is 1. The minimum absolute atomic E-state index is 0.0435. The third kappa shape index (κ3) is 55.1. The van der Waals surface area contributed by atoms with Crippen molar-refractivity contribution in [1.82, 2.24) is 5.32 Å². The lowest BCUT2D eigenvalue weighted by molar-refractivity contribution is -0.870. The largest absolute Gasteiger partial charge is 0.472 e. The molecule has 3 unspecified atom stereocenters. The van der Waals surface area contributed by atoms with Gasteiger partial charge in [0.05, 0.1) is 33.8 Å². The Labute approximate surface area is 454 Å². The van der Waals surface area contributed by atoms with E-state index in [1.165, 1.54) is 225 Å². The highest BCUT2D eigenvalue weighted by atomic mass is 31.2. The van der Waals surface area contributed by atoms with Crippen molar-refractivity contribution in [3.05, 3.63) is 24.3 Å². The predicted octanol–water partition coefficient (Wildman–Crippen LogP) is 19.3. The zero-order valence-electron chi connectivity index (χ0n) is 49.4. The summed E-state index contributed by atoms with van der Waals surface area (Å²) in [5, 5.41) is 3.06. The minimum Gasteiger partial charge on any atom is -0.456 e. The maximum Gasteiger partial charge on any atom is 0.472 e. The molecule has 0 spiro atoms. The van der Waals surface area contributed by atoms with Gasteiger partial charge in [-0.3, -0.25) is 18.6 Å². The summed E-state index contributed by atoms with van der Waals surface area (Å²) in [7, 11) is 1.51. The van der Waals surface area contributed by atoms with Crippen LogP contribution in [0.3, 0.4) is 0 Å². The number of nitrogens with zero attached hydrogens (tertiary/aromatic N) is 1. The summed E-state index contributed by atoms with van der Waals surface area (Å²) in [6.07, 6.45) is 63.1. The lowest BCUT2D eigenvalue weighted by Gasteiger charge is -2.27. The Morgan fingerprint density at radius 1 is 0.466 bits per heavy atom. The first-order chi connectivity index (χ1) is 35.4. The van der Waals surface area contributed by atoms with Crippen LogP contribution in [-0.4, -0.2) is 74.3 Å². The van der Waals surface area contributed by atoms with Crippen molar-refractivity contribution in [2.75, 3.05) is 40.9 Å². The zero-order chi connectivity index (χ0) is 53.6. The molecule has 0 aliphatic rings.